The number of unbranched alkanes of at least 4 members (excludes halogenated alkanes) is 1. The van der Waals surface area contributed by atoms with Gasteiger partial charge in [0.05, 0.1) is 11.4 Å². The summed E-state index contributed by atoms with van der Waals surface area (Å²) in [6.07, 6.45) is 1.76. The quantitative estimate of drug-likeness (QED) is 0.472. The van der Waals surface area contributed by atoms with Gasteiger partial charge in [-0.15, -0.1) is 0 Å². The summed E-state index contributed by atoms with van der Waals surface area (Å²) in [5, 5.41) is 18.7. The summed E-state index contributed by atoms with van der Waals surface area (Å²) in [4.78, 5) is 34.6. The molecule has 1 aromatic carbocycles. The van der Waals surface area contributed by atoms with E-state index in [1.54, 1.807) is 0 Å². The van der Waals surface area contributed by atoms with E-state index in [9.17, 15) is 22.8 Å². The third kappa shape index (κ3) is 6.89. The molecule has 0 bridgehead atoms. The molecular formula is C15H21N3O6S. The average Bonchev–Trinajstić information content (AvgIpc) is 2.55. The zero-order chi connectivity index (χ0) is 19.0. The summed E-state index contributed by atoms with van der Waals surface area (Å²) in [6.45, 7) is 1.51. The van der Waals surface area contributed by atoms with Crippen LogP contribution in [0.25, 0.3) is 0 Å². The lowest BCUT2D eigenvalue weighted by Crippen LogP contribution is -2.45. The highest BCUT2D eigenvalue weighted by Crippen LogP contribution is 2.08. The van der Waals surface area contributed by atoms with Crippen molar-refractivity contribution in [3.63, 3.8) is 0 Å². The van der Waals surface area contributed by atoms with Crippen molar-refractivity contribution in [2.75, 3.05) is 6.54 Å². The lowest BCUT2D eigenvalue weighted by Gasteiger charge is -2.14. The maximum atomic E-state index is 11.9. The number of carbonyl (C=O) groups is 3. The summed E-state index contributed by atoms with van der Waals surface area (Å²) in [5.74, 6) is -2.36. The molecule has 1 atom stereocenters. The number of nitrogens with one attached hydrogen (secondary N) is 2. The lowest BCUT2D eigenvalue weighted by molar-refractivity contribution is -0.141. The third-order valence-corrected chi connectivity index (χ3v) is 4.26. The zero-order valence-electron chi connectivity index (χ0n) is 13.7. The summed E-state index contributed by atoms with van der Waals surface area (Å²) < 4.78 is 22.3. The number of carboxylic acid groups (broad SMARTS) is 1. The van der Waals surface area contributed by atoms with E-state index in [0.29, 0.717) is 12.8 Å². The first-order valence-corrected chi connectivity index (χ1v) is 9.13. The molecule has 138 valence electrons. The highest BCUT2D eigenvalue weighted by atomic mass is 32.2. The number of sulfonamides is 1. The summed E-state index contributed by atoms with van der Waals surface area (Å²) >= 11 is 0. The van der Waals surface area contributed by atoms with Gasteiger partial charge in [-0.3, -0.25) is 9.59 Å². The molecule has 1 rings (SSSR count). The van der Waals surface area contributed by atoms with E-state index in [4.69, 9.17) is 10.2 Å². The van der Waals surface area contributed by atoms with Gasteiger partial charge in [0.15, 0.2) is 0 Å². The van der Waals surface area contributed by atoms with Gasteiger partial charge in [-0.05, 0) is 30.7 Å². The van der Waals surface area contributed by atoms with Gasteiger partial charge in [-0.1, -0.05) is 19.8 Å². The largest absolute Gasteiger partial charge is 0.480 e. The van der Waals surface area contributed by atoms with E-state index in [0.717, 1.165) is 6.42 Å². The van der Waals surface area contributed by atoms with E-state index in [2.05, 4.69) is 10.6 Å². The molecule has 0 aromatic heterocycles. The topological polar surface area (TPSA) is 156 Å². The molecule has 0 saturated carbocycles. The van der Waals surface area contributed by atoms with Crippen LogP contribution >= 0.6 is 0 Å². The maximum Gasteiger partial charge on any atom is 0.326 e. The van der Waals surface area contributed by atoms with Gasteiger partial charge in [0.1, 0.15) is 6.04 Å². The SMILES string of the molecule is CCCCC(NC(=O)CNC(=O)c1ccc(S(N)(=O)=O)cc1)C(=O)O. The van der Waals surface area contributed by atoms with Crippen molar-refractivity contribution in [1.82, 2.24) is 10.6 Å². The van der Waals surface area contributed by atoms with Crippen molar-refractivity contribution >= 4 is 27.8 Å². The fraction of sp³-hybridized carbons (Fsp3) is 0.400. The Morgan fingerprint density at radius 1 is 1.20 bits per heavy atom. The van der Waals surface area contributed by atoms with Gasteiger partial charge in [-0.25, -0.2) is 18.4 Å². The number of aliphatic carboxylic acids is 1. The average molecular weight is 371 g/mol. The first-order chi connectivity index (χ1) is 11.6. The van der Waals surface area contributed by atoms with Gasteiger partial charge in [-0.2, -0.15) is 0 Å². The normalized spacial score (nSPS) is 12.2. The Kier molecular flexibility index (Phi) is 7.52. The second-order valence-electron chi connectivity index (χ2n) is 5.35. The Hall–Kier alpha value is -2.46. The minimum Gasteiger partial charge on any atom is -0.480 e. The van der Waals surface area contributed by atoms with Gasteiger partial charge in [0.2, 0.25) is 15.9 Å². The molecule has 10 heteroatoms. The highest BCUT2D eigenvalue weighted by molar-refractivity contribution is 7.89. The van der Waals surface area contributed by atoms with Crippen LogP contribution in [0, 0.1) is 0 Å². The van der Waals surface area contributed by atoms with Crippen LogP contribution in [-0.2, 0) is 19.6 Å². The smallest absolute Gasteiger partial charge is 0.326 e. The molecule has 0 aliphatic rings. The molecule has 0 heterocycles. The number of benzene rings is 1. The Balaban J connectivity index is 2.57. The number of amides is 2. The molecular weight excluding hydrogens is 350 g/mol. The number of rotatable bonds is 9. The molecule has 25 heavy (non-hydrogen) atoms. The number of primary sulfonamides is 1. The van der Waals surface area contributed by atoms with Gasteiger partial charge < -0.3 is 15.7 Å². The van der Waals surface area contributed by atoms with Crippen molar-refractivity contribution in [2.24, 2.45) is 5.14 Å². The van der Waals surface area contributed by atoms with Crippen LogP contribution in [0.15, 0.2) is 29.2 Å². The number of nitrogens with two attached hydrogens (primary N) is 1. The van der Waals surface area contributed by atoms with Crippen LogP contribution in [0.2, 0.25) is 0 Å². The van der Waals surface area contributed by atoms with E-state index < -0.39 is 40.4 Å². The minimum absolute atomic E-state index is 0.137. The standard InChI is InChI=1S/C15H21N3O6S/c1-2-3-4-12(15(21)22)18-13(19)9-17-14(20)10-5-7-11(8-6-10)25(16,23)24/h5-8,12H,2-4,9H2,1H3,(H,17,20)(H,18,19)(H,21,22)(H2,16,23,24). The highest BCUT2D eigenvalue weighted by Gasteiger charge is 2.19. The molecule has 0 aliphatic carbocycles. The fourth-order valence-corrected chi connectivity index (χ4v) is 2.49. The Labute approximate surface area is 145 Å². The minimum atomic E-state index is -3.85. The Morgan fingerprint density at radius 2 is 1.80 bits per heavy atom. The molecule has 0 spiro atoms. The van der Waals surface area contributed by atoms with E-state index in [1.807, 2.05) is 6.92 Å². The molecule has 1 aromatic rings. The van der Waals surface area contributed by atoms with Gasteiger partial charge in [0, 0.05) is 5.56 Å². The molecule has 0 saturated heterocycles. The van der Waals surface area contributed by atoms with Crippen LogP contribution in [0.1, 0.15) is 36.5 Å². The predicted molar refractivity (Wildman–Crippen MR) is 89.2 cm³/mol. The van der Waals surface area contributed by atoms with Crippen molar-refractivity contribution in [2.45, 2.75) is 37.1 Å². The van der Waals surface area contributed by atoms with Crippen molar-refractivity contribution in [1.29, 1.82) is 0 Å². The Bertz CT molecular complexity index is 730. The zero-order valence-corrected chi connectivity index (χ0v) is 14.5. The number of carboxylic acids is 1. The van der Waals surface area contributed by atoms with Crippen molar-refractivity contribution in [3.8, 4) is 0 Å². The predicted octanol–water partition coefficient (Wildman–Crippen LogP) is -0.177. The molecule has 0 radical (unpaired) electrons. The summed E-state index contributed by atoms with van der Waals surface area (Å²) in [5.41, 5.74) is 0.140. The summed E-state index contributed by atoms with van der Waals surface area (Å²) in [6, 6.07) is 3.87. The first-order valence-electron chi connectivity index (χ1n) is 7.58. The first kappa shape index (κ1) is 20.6. The second-order valence-corrected chi connectivity index (χ2v) is 6.91. The lowest BCUT2D eigenvalue weighted by atomic mass is 10.1. The van der Waals surface area contributed by atoms with E-state index in [1.165, 1.54) is 24.3 Å². The van der Waals surface area contributed by atoms with Crippen molar-refractivity contribution in [3.05, 3.63) is 29.8 Å². The molecule has 1 unspecified atom stereocenters. The molecule has 0 fully saturated rings. The van der Waals surface area contributed by atoms with Crippen LogP contribution in [0.4, 0.5) is 0 Å². The number of carbonyl (C=O) groups excluding carboxylic acids is 2. The number of hydrogen-bond acceptors (Lipinski definition) is 5. The van der Waals surface area contributed by atoms with Crippen molar-refractivity contribution < 1.29 is 27.9 Å². The molecule has 9 nitrogen and oxygen atoms in total. The van der Waals surface area contributed by atoms with E-state index in [-0.39, 0.29) is 10.5 Å². The molecule has 0 aliphatic heterocycles. The van der Waals surface area contributed by atoms with Gasteiger partial charge in [0.25, 0.3) is 5.91 Å². The third-order valence-electron chi connectivity index (χ3n) is 3.33. The maximum absolute atomic E-state index is 11.9. The monoisotopic (exact) mass is 371 g/mol. The second kappa shape index (κ2) is 9.14. The molecule has 5 N–H and O–H groups in total. The van der Waals surface area contributed by atoms with Crippen LogP contribution in [0.3, 0.4) is 0 Å². The van der Waals surface area contributed by atoms with Crippen LogP contribution in [-0.4, -0.2) is 43.9 Å². The van der Waals surface area contributed by atoms with Crippen LogP contribution in [0.5, 0.6) is 0 Å². The molecule has 2 amide bonds. The Morgan fingerprint density at radius 3 is 2.28 bits per heavy atom. The van der Waals surface area contributed by atoms with Crippen LogP contribution < -0.4 is 15.8 Å². The number of hydrogen-bond donors (Lipinski definition) is 4. The van der Waals surface area contributed by atoms with E-state index >= 15 is 0 Å². The van der Waals surface area contributed by atoms with Gasteiger partial charge >= 0.3 is 5.97 Å². The summed E-state index contributed by atoms with van der Waals surface area (Å²) in [7, 11) is -3.85. The fourth-order valence-electron chi connectivity index (χ4n) is 1.97.